The van der Waals surface area contributed by atoms with E-state index in [-0.39, 0.29) is 18.3 Å². The van der Waals surface area contributed by atoms with Gasteiger partial charge in [0, 0.05) is 5.69 Å². The molecule has 2 aromatic carbocycles. The summed E-state index contributed by atoms with van der Waals surface area (Å²) in [5, 5.41) is 13.1. The van der Waals surface area contributed by atoms with Gasteiger partial charge in [0.2, 0.25) is 0 Å². The summed E-state index contributed by atoms with van der Waals surface area (Å²) in [4.78, 5) is 4.07. The number of guanidine groups is 1. The molecule has 2 aromatic rings. The van der Waals surface area contributed by atoms with Crippen LogP contribution in [0.1, 0.15) is 37.0 Å². The minimum absolute atomic E-state index is 0.0395. The van der Waals surface area contributed by atoms with Crippen molar-refractivity contribution < 1.29 is 23.0 Å². The molecule has 8 heteroatoms. The number of benzene rings is 2. The Morgan fingerprint density at radius 2 is 1.81 bits per heavy atom. The quantitative estimate of drug-likeness (QED) is 0.518. The van der Waals surface area contributed by atoms with Crippen LogP contribution in [0, 0.1) is 0 Å². The molecule has 0 saturated heterocycles. The maximum absolute atomic E-state index is 12.1. The van der Waals surface area contributed by atoms with E-state index in [1.165, 1.54) is 12.1 Å². The predicted octanol–water partition coefficient (Wildman–Crippen LogP) is 4.17. The SMILES string of the molecule is CC(C)c1cccc(NC(N)=NCC(O)c2ccc(OC(F)(F)F)cc2)c1. The summed E-state index contributed by atoms with van der Waals surface area (Å²) >= 11 is 0. The third-order valence-corrected chi connectivity index (χ3v) is 3.76. The van der Waals surface area contributed by atoms with Gasteiger partial charge in [-0.2, -0.15) is 0 Å². The molecule has 0 saturated carbocycles. The molecular weight excluding hydrogens is 359 g/mol. The molecule has 4 N–H and O–H groups in total. The molecule has 0 aliphatic rings. The predicted molar refractivity (Wildman–Crippen MR) is 98.7 cm³/mol. The summed E-state index contributed by atoms with van der Waals surface area (Å²) in [5.41, 5.74) is 8.17. The molecular formula is C19H22F3N3O2. The highest BCUT2D eigenvalue weighted by Gasteiger charge is 2.31. The van der Waals surface area contributed by atoms with E-state index in [0.29, 0.717) is 11.5 Å². The molecule has 1 atom stereocenters. The minimum Gasteiger partial charge on any atom is -0.406 e. The summed E-state index contributed by atoms with van der Waals surface area (Å²) in [6, 6.07) is 12.7. The van der Waals surface area contributed by atoms with E-state index in [0.717, 1.165) is 23.4 Å². The van der Waals surface area contributed by atoms with Crippen LogP contribution in [0.5, 0.6) is 5.75 Å². The molecule has 0 aliphatic carbocycles. The Kier molecular flexibility index (Phi) is 6.68. The molecule has 27 heavy (non-hydrogen) atoms. The Balaban J connectivity index is 1.95. The van der Waals surface area contributed by atoms with Crippen molar-refractivity contribution in [2.24, 2.45) is 10.7 Å². The van der Waals surface area contributed by atoms with Crippen LogP contribution < -0.4 is 15.8 Å². The minimum atomic E-state index is -4.75. The van der Waals surface area contributed by atoms with E-state index < -0.39 is 12.5 Å². The summed E-state index contributed by atoms with van der Waals surface area (Å²) in [6.45, 7) is 4.12. The van der Waals surface area contributed by atoms with Gasteiger partial charge < -0.3 is 20.9 Å². The number of ether oxygens (including phenoxy) is 1. The average Bonchev–Trinajstić information content (AvgIpc) is 2.59. The van der Waals surface area contributed by atoms with Crippen LogP contribution in [-0.4, -0.2) is 24.0 Å². The first-order valence-electron chi connectivity index (χ1n) is 8.34. The molecule has 0 radical (unpaired) electrons. The highest BCUT2D eigenvalue weighted by Crippen LogP contribution is 2.24. The van der Waals surface area contributed by atoms with Crippen molar-refractivity contribution in [2.45, 2.75) is 32.2 Å². The summed E-state index contributed by atoms with van der Waals surface area (Å²) in [7, 11) is 0. The van der Waals surface area contributed by atoms with Gasteiger partial charge >= 0.3 is 6.36 Å². The standard InChI is InChI=1S/C19H22F3N3O2/c1-12(2)14-4-3-5-15(10-14)25-18(23)24-11-17(26)13-6-8-16(9-7-13)27-19(20,21)22/h3-10,12,17,26H,11H2,1-2H3,(H3,23,24,25). The van der Waals surface area contributed by atoms with E-state index in [1.807, 2.05) is 24.3 Å². The largest absolute Gasteiger partial charge is 0.573 e. The van der Waals surface area contributed by atoms with Gasteiger partial charge in [-0.15, -0.1) is 13.2 Å². The van der Waals surface area contributed by atoms with Crippen molar-refractivity contribution in [2.75, 3.05) is 11.9 Å². The molecule has 0 aliphatic heterocycles. The van der Waals surface area contributed by atoms with Crippen LogP contribution in [0.4, 0.5) is 18.9 Å². The molecule has 0 aromatic heterocycles. The van der Waals surface area contributed by atoms with Gasteiger partial charge in [-0.25, -0.2) is 0 Å². The number of aliphatic hydroxyl groups excluding tert-OH is 1. The molecule has 146 valence electrons. The van der Waals surface area contributed by atoms with E-state index in [1.54, 1.807) is 0 Å². The zero-order valence-corrected chi connectivity index (χ0v) is 15.0. The van der Waals surface area contributed by atoms with Gasteiger partial charge in [0.05, 0.1) is 12.6 Å². The number of hydrogen-bond donors (Lipinski definition) is 3. The Bertz CT molecular complexity index is 775. The first-order valence-corrected chi connectivity index (χ1v) is 8.34. The second kappa shape index (κ2) is 8.77. The van der Waals surface area contributed by atoms with Crippen molar-refractivity contribution in [1.82, 2.24) is 0 Å². The molecule has 0 amide bonds. The first-order chi connectivity index (χ1) is 12.6. The lowest BCUT2D eigenvalue weighted by Crippen LogP contribution is -2.23. The number of halogens is 3. The summed E-state index contributed by atoms with van der Waals surface area (Å²) in [6.07, 6.45) is -5.76. The van der Waals surface area contributed by atoms with Crippen LogP contribution >= 0.6 is 0 Å². The zero-order valence-electron chi connectivity index (χ0n) is 15.0. The van der Waals surface area contributed by atoms with Crippen molar-refractivity contribution in [3.05, 3.63) is 59.7 Å². The molecule has 0 fully saturated rings. The summed E-state index contributed by atoms with van der Waals surface area (Å²) < 4.78 is 40.2. The molecule has 0 bridgehead atoms. The van der Waals surface area contributed by atoms with Gasteiger partial charge in [0.15, 0.2) is 5.96 Å². The van der Waals surface area contributed by atoms with Gasteiger partial charge in [-0.3, -0.25) is 4.99 Å². The maximum atomic E-state index is 12.1. The van der Waals surface area contributed by atoms with E-state index in [9.17, 15) is 18.3 Å². The van der Waals surface area contributed by atoms with Crippen LogP contribution in [0.2, 0.25) is 0 Å². The van der Waals surface area contributed by atoms with Crippen LogP contribution in [0.3, 0.4) is 0 Å². The number of aliphatic imine (C=N–C) groups is 1. The lowest BCUT2D eigenvalue weighted by atomic mass is 10.0. The molecule has 0 heterocycles. The van der Waals surface area contributed by atoms with Crippen molar-refractivity contribution in [3.63, 3.8) is 0 Å². The third kappa shape index (κ3) is 6.82. The number of anilines is 1. The number of nitrogens with two attached hydrogens (primary N) is 1. The smallest absolute Gasteiger partial charge is 0.406 e. The van der Waals surface area contributed by atoms with E-state index >= 15 is 0 Å². The monoisotopic (exact) mass is 381 g/mol. The molecule has 1 unspecified atom stereocenters. The highest BCUT2D eigenvalue weighted by molar-refractivity contribution is 5.92. The van der Waals surface area contributed by atoms with Crippen LogP contribution in [0.15, 0.2) is 53.5 Å². The van der Waals surface area contributed by atoms with Gasteiger partial charge in [0.25, 0.3) is 0 Å². The van der Waals surface area contributed by atoms with Gasteiger partial charge in [-0.1, -0.05) is 38.1 Å². The fourth-order valence-electron chi connectivity index (χ4n) is 2.34. The number of alkyl halides is 3. The number of nitrogens with one attached hydrogen (secondary N) is 1. The zero-order chi connectivity index (χ0) is 20.0. The average molecular weight is 381 g/mol. The molecule has 2 rings (SSSR count). The van der Waals surface area contributed by atoms with Crippen molar-refractivity contribution >= 4 is 11.6 Å². The van der Waals surface area contributed by atoms with Gasteiger partial charge in [0.1, 0.15) is 5.75 Å². The summed E-state index contributed by atoms with van der Waals surface area (Å²) in [5.74, 6) is 0.149. The Hall–Kier alpha value is -2.74. The van der Waals surface area contributed by atoms with Gasteiger partial charge in [-0.05, 0) is 41.3 Å². The number of nitrogens with zero attached hydrogens (tertiary/aromatic N) is 1. The molecule has 5 nitrogen and oxygen atoms in total. The number of hydrogen-bond acceptors (Lipinski definition) is 3. The second-order valence-corrected chi connectivity index (χ2v) is 6.26. The van der Waals surface area contributed by atoms with Crippen LogP contribution in [-0.2, 0) is 0 Å². The fraction of sp³-hybridized carbons (Fsp3) is 0.316. The van der Waals surface area contributed by atoms with E-state index in [2.05, 4.69) is 28.9 Å². The first kappa shape index (κ1) is 20.6. The Morgan fingerprint density at radius 3 is 2.41 bits per heavy atom. The topological polar surface area (TPSA) is 79.9 Å². The van der Waals surface area contributed by atoms with Crippen LogP contribution in [0.25, 0.3) is 0 Å². The lowest BCUT2D eigenvalue weighted by Gasteiger charge is -2.13. The Morgan fingerprint density at radius 1 is 1.15 bits per heavy atom. The second-order valence-electron chi connectivity index (χ2n) is 6.26. The normalized spacial score (nSPS) is 13.5. The number of aliphatic hydroxyl groups is 1. The lowest BCUT2D eigenvalue weighted by molar-refractivity contribution is -0.274. The highest BCUT2D eigenvalue weighted by atomic mass is 19.4. The van der Waals surface area contributed by atoms with E-state index in [4.69, 9.17) is 5.73 Å². The van der Waals surface area contributed by atoms with Crippen molar-refractivity contribution in [3.8, 4) is 5.75 Å². The molecule has 0 spiro atoms. The third-order valence-electron chi connectivity index (χ3n) is 3.76. The van der Waals surface area contributed by atoms with Crippen molar-refractivity contribution in [1.29, 1.82) is 0 Å². The maximum Gasteiger partial charge on any atom is 0.573 e. The Labute approximate surface area is 155 Å². The fourth-order valence-corrected chi connectivity index (χ4v) is 2.34. The number of rotatable bonds is 6.